The number of carbonyl (C=O) groups is 1. The zero-order valence-corrected chi connectivity index (χ0v) is 13.7. The number of nitrogens with zero attached hydrogens (tertiary/aromatic N) is 1. The molecule has 0 aromatic heterocycles. The zero-order valence-electron chi connectivity index (χ0n) is 13.7. The highest BCUT2D eigenvalue weighted by atomic mass is 16.6. The van der Waals surface area contributed by atoms with E-state index >= 15 is 0 Å². The minimum atomic E-state index is -0.0873. The van der Waals surface area contributed by atoms with E-state index in [2.05, 4.69) is 11.9 Å². The van der Waals surface area contributed by atoms with Crippen molar-refractivity contribution in [2.75, 3.05) is 20.7 Å². The number of likely N-dealkylation sites (N-methyl/N-ethyl adjacent to an activating group) is 1. The Morgan fingerprint density at radius 2 is 1.52 bits per heavy atom. The maximum atomic E-state index is 12.2. The molecule has 2 aliphatic carbocycles. The molecule has 0 amide bonds. The van der Waals surface area contributed by atoms with Gasteiger partial charge in [0.05, 0.1) is 12.6 Å². The number of rotatable bonds is 5. The minimum Gasteiger partial charge on any atom is -0.459 e. The zero-order chi connectivity index (χ0) is 15.1. The smallest absolute Gasteiger partial charge is 0.320 e. The molecule has 0 N–H and O–H groups in total. The summed E-state index contributed by atoms with van der Waals surface area (Å²) in [5, 5.41) is 0. The fraction of sp³-hybridized carbons (Fsp3) is 0.941. The van der Waals surface area contributed by atoms with Crippen molar-refractivity contribution in [2.45, 2.75) is 82.5 Å². The van der Waals surface area contributed by atoms with Gasteiger partial charge in [-0.3, -0.25) is 9.69 Å². The van der Waals surface area contributed by atoms with Crippen LogP contribution in [0.1, 0.15) is 64.2 Å². The highest BCUT2D eigenvalue weighted by Crippen LogP contribution is 2.24. The van der Waals surface area contributed by atoms with Crippen LogP contribution in [0.4, 0.5) is 0 Å². The Bertz CT molecular complexity index is 313. The molecule has 0 bridgehead atoms. The van der Waals surface area contributed by atoms with Crippen LogP contribution in [-0.4, -0.2) is 49.8 Å². The molecule has 0 radical (unpaired) electrons. The third kappa shape index (κ3) is 5.26. The van der Waals surface area contributed by atoms with Gasteiger partial charge in [0, 0.05) is 13.2 Å². The molecule has 2 saturated carbocycles. The molecule has 2 fully saturated rings. The van der Waals surface area contributed by atoms with Crippen LogP contribution >= 0.6 is 0 Å². The van der Waals surface area contributed by atoms with Gasteiger partial charge in [-0.1, -0.05) is 32.1 Å². The number of carbonyl (C=O) groups excluding carboxylic acids is 1. The quantitative estimate of drug-likeness (QED) is 0.577. The second-order valence-electron chi connectivity index (χ2n) is 6.65. The van der Waals surface area contributed by atoms with Gasteiger partial charge in [-0.2, -0.15) is 0 Å². The molecule has 0 aromatic rings. The molecule has 0 spiro atoms. The molecular formula is C17H31NO3. The fourth-order valence-electron chi connectivity index (χ4n) is 3.70. The van der Waals surface area contributed by atoms with Crippen LogP contribution in [-0.2, 0) is 14.3 Å². The molecule has 0 heterocycles. The maximum absolute atomic E-state index is 12.2. The van der Waals surface area contributed by atoms with Gasteiger partial charge in [0.1, 0.15) is 6.10 Å². The van der Waals surface area contributed by atoms with Gasteiger partial charge in [-0.05, 0) is 39.2 Å². The summed E-state index contributed by atoms with van der Waals surface area (Å²) in [6.07, 6.45) is 12.0. The van der Waals surface area contributed by atoms with Gasteiger partial charge in [-0.25, -0.2) is 0 Å². The lowest BCUT2D eigenvalue weighted by Gasteiger charge is -2.31. The summed E-state index contributed by atoms with van der Waals surface area (Å²) in [5.41, 5.74) is 0. The number of ether oxygens (including phenoxy) is 2. The first kappa shape index (κ1) is 16.8. The first-order valence-corrected chi connectivity index (χ1v) is 8.63. The SMILES string of the molecule is CO[C@@H]1CCCC[C@H]1OC(=O)CN(C)C1CCCCCC1. The average Bonchev–Trinajstić information content (AvgIpc) is 2.76. The van der Waals surface area contributed by atoms with E-state index in [1.54, 1.807) is 7.11 Å². The molecule has 0 aromatic carbocycles. The number of hydrogen-bond acceptors (Lipinski definition) is 4. The Hall–Kier alpha value is -0.610. The van der Waals surface area contributed by atoms with Gasteiger partial charge in [-0.15, -0.1) is 0 Å². The van der Waals surface area contributed by atoms with Crippen molar-refractivity contribution >= 4 is 5.97 Å². The Kier molecular flexibility index (Phi) is 6.97. The van der Waals surface area contributed by atoms with Gasteiger partial charge in [0.2, 0.25) is 0 Å². The first-order chi connectivity index (χ1) is 10.2. The van der Waals surface area contributed by atoms with Crippen LogP contribution in [0.5, 0.6) is 0 Å². The van der Waals surface area contributed by atoms with E-state index in [-0.39, 0.29) is 18.2 Å². The lowest BCUT2D eigenvalue weighted by Crippen LogP contribution is -2.41. The summed E-state index contributed by atoms with van der Waals surface area (Å²) in [6.45, 7) is 0.414. The third-order valence-corrected chi connectivity index (χ3v) is 5.05. The van der Waals surface area contributed by atoms with E-state index in [9.17, 15) is 4.79 Å². The summed E-state index contributed by atoms with van der Waals surface area (Å²) in [6, 6.07) is 0.546. The second-order valence-corrected chi connectivity index (χ2v) is 6.65. The number of esters is 1. The van der Waals surface area contributed by atoms with Gasteiger partial charge in [0.25, 0.3) is 0 Å². The molecule has 4 nitrogen and oxygen atoms in total. The fourth-order valence-corrected chi connectivity index (χ4v) is 3.70. The molecular weight excluding hydrogens is 266 g/mol. The highest BCUT2D eigenvalue weighted by Gasteiger charge is 2.29. The molecule has 122 valence electrons. The topological polar surface area (TPSA) is 38.8 Å². The molecule has 2 aliphatic rings. The van der Waals surface area contributed by atoms with E-state index in [1.807, 2.05) is 0 Å². The Balaban J connectivity index is 1.77. The highest BCUT2D eigenvalue weighted by molar-refractivity contribution is 5.72. The molecule has 4 heteroatoms. The molecule has 2 atom stereocenters. The van der Waals surface area contributed by atoms with Crippen LogP contribution < -0.4 is 0 Å². The maximum Gasteiger partial charge on any atom is 0.320 e. The standard InChI is InChI=1S/C17H31NO3/c1-18(14-9-5-3-4-6-10-14)13-17(19)21-16-12-8-7-11-15(16)20-2/h14-16H,3-13H2,1-2H3/t15-,16-/m1/s1. The third-order valence-electron chi connectivity index (χ3n) is 5.05. The first-order valence-electron chi connectivity index (χ1n) is 8.63. The van der Waals surface area contributed by atoms with Crippen LogP contribution in [0.3, 0.4) is 0 Å². The average molecular weight is 297 g/mol. The molecule has 21 heavy (non-hydrogen) atoms. The summed E-state index contributed by atoms with van der Waals surface area (Å²) < 4.78 is 11.1. The van der Waals surface area contributed by atoms with Crippen LogP contribution in [0, 0.1) is 0 Å². The summed E-state index contributed by atoms with van der Waals surface area (Å²) in [7, 11) is 3.78. The van der Waals surface area contributed by atoms with Crippen molar-refractivity contribution in [3.8, 4) is 0 Å². The van der Waals surface area contributed by atoms with Crippen molar-refractivity contribution in [1.82, 2.24) is 4.90 Å². The predicted octanol–water partition coefficient (Wildman–Crippen LogP) is 3.14. The van der Waals surface area contributed by atoms with Crippen molar-refractivity contribution < 1.29 is 14.3 Å². The predicted molar refractivity (Wildman–Crippen MR) is 83.3 cm³/mol. The Labute approximate surface area is 129 Å². The van der Waals surface area contributed by atoms with E-state index in [0.29, 0.717) is 12.6 Å². The van der Waals surface area contributed by atoms with Crippen molar-refractivity contribution in [2.24, 2.45) is 0 Å². The summed E-state index contributed by atoms with van der Waals surface area (Å²) >= 11 is 0. The molecule has 0 saturated heterocycles. The normalized spacial score (nSPS) is 28.3. The van der Waals surface area contributed by atoms with Gasteiger partial charge in [0.15, 0.2) is 0 Å². The lowest BCUT2D eigenvalue weighted by atomic mass is 9.94. The second kappa shape index (κ2) is 8.74. The minimum absolute atomic E-state index is 0.0428. The van der Waals surface area contributed by atoms with E-state index in [1.165, 1.54) is 44.9 Å². The van der Waals surface area contributed by atoms with E-state index in [4.69, 9.17) is 9.47 Å². The Morgan fingerprint density at radius 3 is 2.14 bits per heavy atom. The largest absolute Gasteiger partial charge is 0.459 e. The lowest BCUT2D eigenvalue weighted by molar-refractivity contribution is -0.160. The molecule has 2 rings (SSSR count). The van der Waals surface area contributed by atoms with Crippen LogP contribution in [0.25, 0.3) is 0 Å². The number of hydrogen-bond donors (Lipinski definition) is 0. The van der Waals surface area contributed by atoms with E-state index in [0.717, 1.165) is 19.3 Å². The molecule has 0 aliphatic heterocycles. The van der Waals surface area contributed by atoms with Crippen molar-refractivity contribution in [1.29, 1.82) is 0 Å². The van der Waals surface area contributed by atoms with Crippen molar-refractivity contribution in [3.63, 3.8) is 0 Å². The summed E-state index contributed by atoms with van der Waals surface area (Å²) in [4.78, 5) is 14.4. The Morgan fingerprint density at radius 1 is 0.952 bits per heavy atom. The van der Waals surface area contributed by atoms with Crippen LogP contribution in [0.2, 0.25) is 0 Å². The number of methoxy groups -OCH3 is 1. The molecule has 0 unspecified atom stereocenters. The van der Waals surface area contributed by atoms with Crippen molar-refractivity contribution in [3.05, 3.63) is 0 Å². The van der Waals surface area contributed by atoms with Gasteiger partial charge < -0.3 is 9.47 Å². The van der Waals surface area contributed by atoms with Gasteiger partial charge >= 0.3 is 5.97 Å². The monoisotopic (exact) mass is 297 g/mol. The summed E-state index contributed by atoms with van der Waals surface area (Å²) in [5.74, 6) is -0.0873. The van der Waals surface area contributed by atoms with E-state index < -0.39 is 0 Å². The van der Waals surface area contributed by atoms with Crippen LogP contribution in [0.15, 0.2) is 0 Å².